The van der Waals surface area contributed by atoms with Crippen LogP contribution in [-0.4, -0.2) is 4.98 Å². The van der Waals surface area contributed by atoms with Gasteiger partial charge in [0.05, 0.1) is 27.7 Å². The molecule has 0 aliphatic carbocycles. The van der Waals surface area contributed by atoms with Gasteiger partial charge in [-0.15, -0.1) is 0 Å². The van der Waals surface area contributed by atoms with E-state index in [-0.39, 0.29) is 41.6 Å². The second kappa shape index (κ2) is 9.41. The smallest absolute Gasteiger partial charge is 0.236 e. The molecule has 15 heteroatoms. The van der Waals surface area contributed by atoms with Gasteiger partial charge < -0.3 is 0 Å². The monoisotopic (exact) mass is 569 g/mol. The zero-order chi connectivity index (χ0) is 27.3. The molecule has 1 nitrogen and oxygen atoms in total. The highest BCUT2D eigenvalue weighted by Crippen LogP contribution is 2.42. The lowest BCUT2D eigenvalue weighted by Gasteiger charge is -2.23. The molecule has 1 aromatic heterocycles. The normalized spacial score (nSPS) is 13.4. The maximum Gasteiger partial charge on any atom is 0.416 e. The average molecular weight is 570 g/mol. The number of nitrogens with zero attached hydrogens (tertiary/aromatic N) is 1. The minimum absolute atomic E-state index is 0.213. The number of halogens is 13. The van der Waals surface area contributed by atoms with Crippen molar-refractivity contribution in [2.75, 3.05) is 0 Å². The molecule has 0 fully saturated rings. The van der Waals surface area contributed by atoms with E-state index in [0.29, 0.717) is 0 Å². The Morgan fingerprint density at radius 1 is 0.528 bits per heavy atom. The van der Waals surface area contributed by atoms with Crippen LogP contribution in [0.3, 0.4) is 0 Å². The highest BCUT2D eigenvalue weighted by atomic mass is 35.5. The molecule has 0 amide bonds. The fraction of sp³-hybridized carbons (Fsp3) is 0.190. The van der Waals surface area contributed by atoms with E-state index in [0.717, 1.165) is 18.2 Å². The van der Waals surface area contributed by atoms with Crippen LogP contribution in [0.25, 0.3) is 0 Å². The van der Waals surface area contributed by atoms with Crippen molar-refractivity contribution in [3.63, 3.8) is 0 Å². The van der Waals surface area contributed by atoms with Crippen molar-refractivity contribution in [3.05, 3.63) is 82.0 Å². The van der Waals surface area contributed by atoms with Gasteiger partial charge in [0.1, 0.15) is 5.15 Å². The minimum Gasteiger partial charge on any atom is -0.236 e. The Hall–Kier alpha value is -2.53. The van der Waals surface area contributed by atoms with Crippen LogP contribution in [0.2, 0.25) is 5.15 Å². The summed E-state index contributed by atoms with van der Waals surface area (Å²) in [5, 5.41) is -2.02. The lowest BCUT2D eigenvalue weighted by atomic mass is 10.1. The maximum absolute atomic E-state index is 13.4. The third-order valence-corrected chi connectivity index (χ3v) is 7.06. The first-order valence-electron chi connectivity index (χ1n) is 9.28. The van der Waals surface area contributed by atoms with Crippen LogP contribution in [-0.2, 0) is 24.7 Å². The molecular formula is C21H9ClF12NP. The van der Waals surface area contributed by atoms with E-state index in [1.54, 1.807) is 0 Å². The summed E-state index contributed by atoms with van der Waals surface area (Å²) in [6.07, 6.45) is -21.3. The first-order valence-corrected chi connectivity index (χ1v) is 11.0. The van der Waals surface area contributed by atoms with E-state index in [1.807, 2.05) is 0 Å². The molecule has 0 aliphatic heterocycles. The molecule has 0 radical (unpaired) electrons. The van der Waals surface area contributed by atoms with E-state index in [1.165, 1.54) is 0 Å². The molecule has 0 bridgehead atoms. The summed E-state index contributed by atoms with van der Waals surface area (Å²) in [6.45, 7) is 0. The highest BCUT2D eigenvalue weighted by molar-refractivity contribution is 7.79. The van der Waals surface area contributed by atoms with E-state index in [9.17, 15) is 52.7 Å². The van der Waals surface area contributed by atoms with Crippen LogP contribution in [0.5, 0.6) is 0 Å². The Kier molecular flexibility index (Phi) is 7.33. The fourth-order valence-corrected chi connectivity index (χ4v) is 5.64. The van der Waals surface area contributed by atoms with Gasteiger partial charge in [-0.05, 0) is 59.1 Å². The predicted molar refractivity (Wildman–Crippen MR) is 108 cm³/mol. The van der Waals surface area contributed by atoms with Crippen molar-refractivity contribution in [1.82, 2.24) is 4.98 Å². The zero-order valence-corrected chi connectivity index (χ0v) is 18.7. The zero-order valence-electron chi connectivity index (χ0n) is 17.0. The first kappa shape index (κ1) is 28.0. The van der Waals surface area contributed by atoms with E-state index in [4.69, 9.17) is 11.6 Å². The Balaban J connectivity index is 2.43. The number of hydrogen-bond donors (Lipinski definition) is 0. The molecule has 3 rings (SSSR count). The lowest BCUT2D eigenvalue weighted by molar-refractivity contribution is -0.144. The van der Waals surface area contributed by atoms with Gasteiger partial charge in [-0.2, -0.15) is 52.7 Å². The molecule has 0 aliphatic rings. The van der Waals surface area contributed by atoms with Crippen LogP contribution < -0.4 is 16.0 Å². The fourth-order valence-electron chi connectivity index (χ4n) is 3.07. The lowest BCUT2D eigenvalue weighted by Crippen LogP contribution is -2.27. The molecule has 194 valence electrons. The summed E-state index contributed by atoms with van der Waals surface area (Å²) < 4.78 is 161. The van der Waals surface area contributed by atoms with Crippen LogP contribution in [0.15, 0.2) is 54.6 Å². The van der Waals surface area contributed by atoms with Crippen molar-refractivity contribution in [3.8, 4) is 0 Å². The quantitative estimate of drug-likeness (QED) is 0.180. The molecule has 36 heavy (non-hydrogen) atoms. The van der Waals surface area contributed by atoms with Crippen LogP contribution >= 0.6 is 19.5 Å². The third-order valence-electron chi connectivity index (χ3n) is 4.59. The number of hydrogen-bond acceptors (Lipinski definition) is 1. The molecule has 2 aromatic carbocycles. The van der Waals surface area contributed by atoms with Gasteiger partial charge in [-0.3, -0.25) is 0 Å². The summed E-state index contributed by atoms with van der Waals surface area (Å²) in [7, 11) is -2.91. The molecule has 0 saturated heterocycles. The second-order valence-corrected chi connectivity index (χ2v) is 9.73. The van der Waals surface area contributed by atoms with Crippen molar-refractivity contribution in [2.45, 2.75) is 24.7 Å². The van der Waals surface area contributed by atoms with Gasteiger partial charge >= 0.3 is 24.7 Å². The van der Waals surface area contributed by atoms with Crippen molar-refractivity contribution >= 4 is 35.6 Å². The van der Waals surface area contributed by atoms with Gasteiger partial charge in [0.2, 0.25) is 0 Å². The Bertz CT molecular complexity index is 1120. The molecule has 0 N–H and O–H groups in total. The van der Waals surface area contributed by atoms with Crippen molar-refractivity contribution in [1.29, 1.82) is 0 Å². The van der Waals surface area contributed by atoms with Crippen molar-refractivity contribution in [2.24, 2.45) is 0 Å². The second-order valence-electron chi connectivity index (χ2n) is 7.18. The van der Waals surface area contributed by atoms with E-state index < -0.39 is 70.9 Å². The molecule has 0 spiro atoms. The number of rotatable bonds is 3. The first-order chi connectivity index (χ1) is 16.3. The van der Waals surface area contributed by atoms with E-state index >= 15 is 0 Å². The molecule has 1 heterocycles. The van der Waals surface area contributed by atoms with E-state index in [2.05, 4.69) is 4.98 Å². The summed E-state index contributed by atoms with van der Waals surface area (Å²) >= 11 is 5.76. The number of aromatic nitrogens is 1. The van der Waals surface area contributed by atoms with Gasteiger partial charge in [-0.25, -0.2) is 4.98 Å². The van der Waals surface area contributed by atoms with Crippen LogP contribution in [0, 0.1) is 0 Å². The molecule has 0 saturated carbocycles. The molecule has 0 unspecified atom stereocenters. The number of pyridine rings is 1. The van der Waals surface area contributed by atoms with Gasteiger partial charge in [0, 0.05) is 7.92 Å². The maximum atomic E-state index is 13.4. The van der Waals surface area contributed by atoms with Gasteiger partial charge in [0.15, 0.2) is 0 Å². The SMILES string of the molecule is FC(F)(F)c1cc(P(c2cc(C(F)(F)F)cc(C(F)(F)F)c2)c2cccc(Cl)n2)cc(C(F)(F)F)c1. The molecular weight excluding hydrogens is 561 g/mol. The summed E-state index contributed by atoms with van der Waals surface area (Å²) in [5.41, 5.74) is -7.62. The van der Waals surface area contributed by atoms with Crippen molar-refractivity contribution < 1.29 is 52.7 Å². The topological polar surface area (TPSA) is 12.9 Å². The Morgan fingerprint density at radius 3 is 1.14 bits per heavy atom. The van der Waals surface area contributed by atoms with Gasteiger partial charge in [-0.1, -0.05) is 17.7 Å². The number of benzene rings is 2. The number of alkyl halides is 12. The van der Waals surface area contributed by atoms with Crippen LogP contribution in [0.4, 0.5) is 52.7 Å². The Labute approximate surface area is 200 Å². The molecule has 0 atom stereocenters. The third kappa shape index (κ3) is 6.42. The minimum atomic E-state index is -5.32. The Morgan fingerprint density at radius 2 is 0.861 bits per heavy atom. The standard InChI is InChI=1S/C21H9ClF12NP/c22-16-2-1-3-17(35-16)36(14-6-10(18(23,24)25)4-11(7-14)19(26,27)28)15-8-12(20(29,30)31)5-13(9-15)21(32,33)34/h1-9H. The summed E-state index contributed by atoms with van der Waals surface area (Å²) in [4.78, 5) is 3.76. The summed E-state index contributed by atoms with van der Waals surface area (Å²) in [5.74, 6) is 0. The van der Waals surface area contributed by atoms with Gasteiger partial charge in [0.25, 0.3) is 0 Å². The molecule has 3 aromatic rings. The van der Waals surface area contributed by atoms with Crippen LogP contribution in [0.1, 0.15) is 22.3 Å². The highest BCUT2D eigenvalue weighted by Gasteiger charge is 2.40. The average Bonchev–Trinajstić information content (AvgIpc) is 2.71. The summed E-state index contributed by atoms with van der Waals surface area (Å²) in [6, 6.07) is 3.84. The largest absolute Gasteiger partial charge is 0.416 e. The predicted octanol–water partition coefficient (Wildman–Crippen LogP) is 7.57.